The lowest BCUT2D eigenvalue weighted by molar-refractivity contribution is 0.251. The van der Waals surface area contributed by atoms with Gasteiger partial charge < -0.3 is 10.1 Å². The smallest absolute Gasteiger partial charge is 0.124 e. The predicted octanol–water partition coefficient (Wildman–Crippen LogP) is 4.02. The zero-order chi connectivity index (χ0) is 14.7. The van der Waals surface area contributed by atoms with Crippen LogP contribution in [-0.4, -0.2) is 11.6 Å². The maximum Gasteiger partial charge on any atom is 0.124 e. The molecule has 0 radical (unpaired) electrons. The summed E-state index contributed by atoms with van der Waals surface area (Å²) >= 11 is 3.54. The molecule has 3 nitrogen and oxygen atoms in total. The molecule has 4 heteroatoms. The molecule has 1 aromatic heterocycles. The van der Waals surface area contributed by atoms with Gasteiger partial charge in [0.05, 0.1) is 12.3 Å². The van der Waals surface area contributed by atoms with E-state index in [1.54, 1.807) is 0 Å². The lowest BCUT2D eigenvalue weighted by Gasteiger charge is -2.27. The van der Waals surface area contributed by atoms with Crippen LogP contribution in [0.4, 0.5) is 0 Å². The molecule has 1 N–H and O–H groups in total. The summed E-state index contributed by atoms with van der Waals surface area (Å²) in [5.41, 5.74) is 3.68. The second kappa shape index (κ2) is 6.58. The monoisotopic (exact) mass is 346 g/mol. The van der Waals surface area contributed by atoms with Gasteiger partial charge in [-0.15, -0.1) is 0 Å². The summed E-state index contributed by atoms with van der Waals surface area (Å²) in [6.07, 6.45) is 3.86. The zero-order valence-corrected chi connectivity index (χ0v) is 13.7. The van der Waals surface area contributed by atoms with E-state index in [0.717, 1.165) is 41.9 Å². The first-order valence-corrected chi connectivity index (χ1v) is 8.15. The molecular formula is C17H19BrN2O. The molecular weight excluding hydrogens is 328 g/mol. The Kier molecular flexibility index (Phi) is 4.56. The summed E-state index contributed by atoms with van der Waals surface area (Å²) in [6, 6.07) is 10.7. The number of benzene rings is 1. The number of hydrogen-bond donors (Lipinski definition) is 1. The average Bonchev–Trinajstić information content (AvgIpc) is 2.53. The molecule has 110 valence electrons. The van der Waals surface area contributed by atoms with E-state index in [0.29, 0.717) is 6.04 Å². The Morgan fingerprint density at radius 3 is 3.14 bits per heavy atom. The standard InChI is InChI=1S/C17H19BrN2O/c1-2-12-4-3-8-19-16(12)11-20-15-7-9-21-17-6-5-13(18)10-14(15)17/h3-6,8,10,15,20H,2,7,9,11H2,1H3. The van der Waals surface area contributed by atoms with Crippen molar-refractivity contribution in [1.82, 2.24) is 10.3 Å². The Balaban J connectivity index is 1.76. The molecule has 2 aromatic rings. The molecule has 0 saturated heterocycles. The molecule has 1 aliphatic heterocycles. The van der Waals surface area contributed by atoms with Crippen molar-refractivity contribution in [2.45, 2.75) is 32.4 Å². The summed E-state index contributed by atoms with van der Waals surface area (Å²) in [4.78, 5) is 4.50. The van der Waals surface area contributed by atoms with Gasteiger partial charge in [0.2, 0.25) is 0 Å². The maximum absolute atomic E-state index is 5.73. The molecule has 1 aliphatic rings. The van der Waals surface area contributed by atoms with Gasteiger partial charge in [0.15, 0.2) is 0 Å². The average molecular weight is 347 g/mol. The van der Waals surface area contributed by atoms with Gasteiger partial charge in [-0.2, -0.15) is 0 Å². The molecule has 3 rings (SSSR count). The van der Waals surface area contributed by atoms with E-state index in [2.05, 4.69) is 45.3 Å². The number of aryl methyl sites for hydroxylation is 1. The first-order valence-electron chi connectivity index (χ1n) is 7.36. The van der Waals surface area contributed by atoms with E-state index < -0.39 is 0 Å². The van der Waals surface area contributed by atoms with E-state index in [9.17, 15) is 0 Å². The molecule has 0 saturated carbocycles. The second-order valence-electron chi connectivity index (χ2n) is 5.22. The highest BCUT2D eigenvalue weighted by molar-refractivity contribution is 9.10. The lowest BCUT2D eigenvalue weighted by atomic mass is 10.0. The Morgan fingerprint density at radius 2 is 2.29 bits per heavy atom. The number of halogens is 1. The third kappa shape index (κ3) is 3.27. The number of fused-ring (bicyclic) bond motifs is 1. The number of ether oxygens (including phenoxy) is 1. The molecule has 21 heavy (non-hydrogen) atoms. The highest BCUT2D eigenvalue weighted by Gasteiger charge is 2.21. The largest absolute Gasteiger partial charge is 0.493 e. The van der Waals surface area contributed by atoms with Gasteiger partial charge in [0.25, 0.3) is 0 Å². The maximum atomic E-state index is 5.73. The molecule has 0 amide bonds. The van der Waals surface area contributed by atoms with Crippen LogP contribution in [0.25, 0.3) is 0 Å². The van der Waals surface area contributed by atoms with E-state index >= 15 is 0 Å². The van der Waals surface area contributed by atoms with Crippen LogP contribution < -0.4 is 10.1 Å². The fourth-order valence-electron chi connectivity index (χ4n) is 2.75. The summed E-state index contributed by atoms with van der Waals surface area (Å²) in [5.74, 6) is 0.985. The Hall–Kier alpha value is -1.39. The Morgan fingerprint density at radius 1 is 1.38 bits per heavy atom. The quantitative estimate of drug-likeness (QED) is 0.907. The topological polar surface area (TPSA) is 34.2 Å². The van der Waals surface area contributed by atoms with Gasteiger partial charge in [-0.25, -0.2) is 0 Å². The number of rotatable bonds is 4. The number of aromatic nitrogens is 1. The predicted molar refractivity (Wildman–Crippen MR) is 87.4 cm³/mol. The first kappa shape index (κ1) is 14.5. The summed E-state index contributed by atoms with van der Waals surface area (Å²) < 4.78 is 6.82. The molecule has 0 aliphatic carbocycles. The van der Waals surface area contributed by atoms with Crippen molar-refractivity contribution in [3.63, 3.8) is 0 Å². The van der Waals surface area contributed by atoms with E-state index in [1.807, 2.05) is 24.4 Å². The SMILES string of the molecule is CCc1cccnc1CNC1CCOc2ccc(Br)cc21. The van der Waals surface area contributed by atoms with Crippen LogP contribution >= 0.6 is 15.9 Å². The molecule has 2 heterocycles. The van der Waals surface area contributed by atoms with Crippen molar-refractivity contribution in [3.8, 4) is 5.75 Å². The van der Waals surface area contributed by atoms with Crippen molar-refractivity contribution < 1.29 is 4.74 Å². The number of nitrogens with zero attached hydrogens (tertiary/aromatic N) is 1. The summed E-state index contributed by atoms with van der Waals surface area (Å²) in [5, 5.41) is 3.63. The molecule has 1 unspecified atom stereocenters. The van der Waals surface area contributed by atoms with Crippen LogP contribution in [0.1, 0.15) is 36.2 Å². The minimum atomic E-state index is 0.318. The van der Waals surface area contributed by atoms with Crippen LogP contribution in [0.3, 0.4) is 0 Å². The molecule has 1 atom stereocenters. The summed E-state index contributed by atoms with van der Waals surface area (Å²) in [6.45, 7) is 3.72. The number of nitrogens with one attached hydrogen (secondary N) is 1. The highest BCUT2D eigenvalue weighted by atomic mass is 79.9. The van der Waals surface area contributed by atoms with Crippen molar-refractivity contribution >= 4 is 15.9 Å². The third-order valence-electron chi connectivity index (χ3n) is 3.89. The van der Waals surface area contributed by atoms with Crippen LogP contribution in [0.15, 0.2) is 41.0 Å². The fourth-order valence-corrected chi connectivity index (χ4v) is 3.13. The highest BCUT2D eigenvalue weighted by Crippen LogP contribution is 2.34. The molecule has 0 spiro atoms. The Labute approximate surface area is 133 Å². The minimum Gasteiger partial charge on any atom is -0.493 e. The van der Waals surface area contributed by atoms with Crippen LogP contribution in [0.5, 0.6) is 5.75 Å². The van der Waals surface area contributed by atoms with Crippen LogP contribution in [-0.2, 0) is 13.0 Å². The van der Waals surface area contributed by atoms with Gasteiger partial charge in [-0.05, 0) is 36.2 Å². The van der Waals surface area contributed by atoms with Crippen molar-refractivity contribution in [3.05, 3.63) is 57.8 Å². The summed E-state index contributed by atoms with van der Waals surface area (Å²) in [7, 11) is 0. The van der Waals surface area contributed by atoms with Gasteiger partial charge in [-0.3, -0.25) is 4.98 Å². The Bertz CT molecular complexity index is 630. The van der Waals surface area contributed by atoms with E-state index in [1.165, 1.54) is 11.1 Å². The van der Waals surface area contributed by atoms with Crippen LogP contribution in [0.2, 0.25) is 0 Å². The van der Waals surface area contributed by atoms with Gasteiger partial charge >= 0.3 is 0 Å². The van der Waals surface area contributed by atoms with Gasteiger partial charge in [0, 0.05) is 35.2 Å². The van der Waals surface area contributed by atoms with Crippen molar-refractivity contribution in [2.24, 2.45) is 0 Å². The van der Waals surface area contributed by atoms with Gasteiger partial charge in [-0.1, -0.05) is 28.9 Å². The molecule has 0 bridgehead atoms. The lowest BCUT2D eigenvalue weighted by Crippen LogP contribution is -2.27. The molecule has 1 aromatic carbocycles. The zero-order valence-electron chi connectivity index (χ0n) is 12.1. The second-order valence-corrected chi connectivity index (χ2v) is 6.13. The van der Waals surface area contributed by atoms with E-state index in [4.69, 9.17) is 4.74 Å². The first-order chi connectivity index (χ1) is 10.3. The molecule has 0 fully saturated rings. The minimum absolute atomic E-state index is 0.318. The van der Waals surface area contributed by atoms with Crippen LogP contribution in [0, 0.1) is 0 Å². The van der Waals surface area contributed by atoms with Crippen molar-refractivity contribution in [1.29, 1.82) is 0 Å². The van der Waals surface area contributed by atoms with Crippen molar-refractivity contribution in [2.75, 3.05) is 6.61 Å². The normalized spacial score (nSPS) is 17.1. The van der Waals surface area contributed by atoms with E-state index in [-0.39, 0.29) is 0 Å². The number of pyridine rings is 1. The fraction of sp³-hybridized carbons (Fsp3) is 0.353. The number of hydrogen-bond acceptors (Lipinski definition) is 3. The van der Waals surface area contributed by atoms with Gasteiger partial charge in [0.1, 0.15) is 5.75 Å². The third-order valence-corrected chi connectivity index (χ3v) is 4.39.